The average molecular weight is 246 g/mol. The Balaban J connectivity index is 1.84. The molecular formula is C15H22N2O. The van der Waals surface area contributed by atoms with Crippen molar-refractivity contribution in [3.8, 4) is 0 Å². The second kappa shape index (κ2) is 6.01. The first kappa shape index (κ1) is 13.1. The van der Waals surface area contributed by atoms with Gasteiger partial charge in [-0.2, -0.15) is 0 Å². The fourth-order valence-electron chi connectivity index (χ4n) is 2.21. The highest BCUT2D eigenvalue weighted by atomic mass is 16.2. The molecule has 98 valence electrons. The molecule has 0 aliphatic heterocycles. The van der Waals surface area contributed by atoms with Crippen LogP contribution in [0.1, 0.15) is 37.3 Å². The van der Waals surface area contributed by atoms with E-state index in [-0.39, 0.29) is 11.9 Å². The van der Waals surface area contributed by atoms with E-state index in [4.69, 9.17) is 5.73 Å². The molecule has 3 nitrogen and oxygen atoms in total. The maximum Gasteiger partial charge on any atom is 0.237 e. The largest absolute Gasteiger partial charge is 0.351 e. The summed E-state index contributed by atoms with van der Waals surface area (Å²) in [5.41, 5.74) is 8.35. The SMILES string of the molecule is CCc1ccccc1CNC(=O)C(N)CC1CC1. The number of hydrogen-bond acceptors (Lipinski definition) is 2. The van der Waals surface area contributed by atoms with E-state index in [0.29, 0.717) is 12.5 Å². The van der Waals surface area contributed by atoms with Crippen LogP contribution in [0.25, 0.3) is 0 Å². The molecule has 0 spiro atoms. The Morgan fingerprint density at radius 1 is 1.39 bits per heavy atom. The number of carbonyl (C=O) groups is 1. The molecule has 2 rings (SSSR count). The van der Waals surface area contributed by atoms with Crippen molar-refractivity contribution in [1.29, 1.82) is 0 Å². The lowest BCUT2D eigenvalue weighted by Gasteiger charge is -2.13. The van der Waals surface area contributed by atoms with Gasteiger partial charge in [-0.1, -0.05) is 44.0 Å². The molecule has 3 heteroatoms. The fourth-order valence-corrected chi connectivity index (χ4v) is 2.21. The fraction of sp³-hybridized carbons (Fsp3) is 0.533. The lowest BCUT2D eigenvalue weighted by Crippen LogP contribution is -2.40. The molecule has 1 aliphatic rings. The zero-order chi connectivity index (χ0) is 13.0. The van der Waals surface area contributed by atoms with Crippen LogP contribution < -0.4 is 11.1 Å². The van der Waals surface area contributed by atoms with Crippen molar-refractivity contribution in [1.82, 2.24) is 5.32 Å². The first-order valence-electron chi connectivity index (χ1n) is 6.80. The topological polar surface area (TPSA) is 55.1 Å². The van der Waals surface area contributed by atoms with E-state index in [1.54, 1.807) is 0 Å². The molecule has 0 bridgehead atoms. The Morgan fingerprint density at radius 2 is 2.06 bits per heavy atom. The summed E-state index contributed by atoms with van der Waals surface area (Å²) in [7, 11) is 0. The highest BCUT2D eigenvalue weighted by molar-refractivity contribution is 5.81. The number of carbonyl (C=O) groups excluding carboxylic acids is 1. The molecule has 0 aromatic heterocycles. The van der Waals surface area contributed by atoms with E-state index in [0.717, 1.165) is 12.8 Å². The summed E-state index contributed by atoms with van der Waals surface area (Å²) in [6.45, 7) is 2.71. The van der Waals surface area contributed by atoms with Crippen LogP contribution >= 0.6 is 0 Å². The van der Waals surface area contributed by atoms with Gasteiger partial charge in [0.1, 0.15) is 0 Å². The Bertz CT molecular complexity index is 413. The van der Waals surface area contributed by atoms with Crippen LogP contribution in [-0.4, -0.2) is 11.9 Å². The molecule has 1 atom stereocenters. The van der Waals surface area contributed by atoms with Crippen LogP contribution in [0.5, 0.6) is 0 Å². The molecular weight excluding hydrogens is 224 g/mol. The summed E-state index contributed by atoms with van der Waals surface area (Å²) in [5, 5.41) is 2.94. The smallest absolute Gasteiger partial charge is 0.237 e. The predicted octanol–water partition coefficient (Wildman–Crippen LogP) is 1.99. The summed E-state index contributed by atoms with van der Waals surface area (Å²) in [4.78, 5) is 11.8. The van der Waals surface area contributed by atoms with Gasteiger partial charge in [-0.25, -0.2) is 0 Å². The van der Waals surface area contributed by atoms with Crippen molar-refractivity contribution < 1.29 is 4.79 Å². The molecule has 1 aliphatic carbocycles. The van der Waals surface area contributed by atoms with Gasteiger partial charge in [0, 0.05) is 6.54 Å². The number of aryl methyl sites for hydroxylation is 1. The maximum absolute atomic E-state index is 11.8. The number of nitrogens with one attached hydrogen (secondary N) is 1. The minimum Gasteiger partial charge on any atom is -0.351 e. The van der Waals surface area contributed by atoms with Gasteiger partial charge in [0.2, 0.25) is 5.91 Å². The third-order valence-corrected chi connectivity index (χ3v) is 3.57. The molecule has 0 radical (unpaired) electrons. The van der Waals surface area contributed by atoms with Crippen LogP contribution in [-0.2, 0) is 17.8 Å². The second-order valence-electron chi connectivity index (χ2n) is 5.13. The zero-order valence-electron chi connectivity index (χ0n) is 11.0. The van der Waals surface area contributed by atoms with Crippen molar-refractivity contribution >= 4 is 5.91 Å². The molecule has 0 heterocycles. The third kappa shape index (κ3) is 3.57. The lowest BCUT2D eigenvalue weighted by molar-refractivity contribution is -0.122. The third-order valence-electron chi connectivity index (χ3n) is 3.57. The number of rotatable bonds is 6. The van der Waals surface area contributed by atoms with E-state index in [1.807, 2.05) is 12.1 Å². The van der Waals surface area contributed by atoms with Gasteiger partial charge in [-0.05, 0) is 29.9 Å². The number of benzene rings is 1. The Morgan fingerprint density at radius 3 is 2.67 bits per heavy atom. The summed E-state index contributed by atoms with van der Waals surface area (Å²) in [6.07, 6.45) is 4.29. The van der Waals surface area contributed by atoms with Crippen LogP contribution in [0, 0.1) is 5.92 Å². The number of hydrogen-bond donors (Lipinski definition) is 2. The summed E-state index contributed by atoms with van der Waals surface area (Å²) < 4.78 is 0. The van der Waals surface area contributed by atoms with E-state index < -0.39 is 0 Å². The number of amides is 1. The molecule has 1 fully saturated rings. The van der Waals surface area contributed by atoms with Gasteiger partial charge < -0.3 is 11.1 Å². The maximum atomic E-state index is 11.8. The van der Waals surface area contributed by atoms with Crippen molar-refractivity contribution in [3.05, 3.63) is 35.4 Å². The van der Waals surface area contributed by atoms with Gasteiger partial charge in [0.25, 0.3) is 0 Å². The number of nitrogens with two attached hydrogens (primary N) is 1. The summed E-state index contributed by atoms with van der Waals surface area (Å²) in [6, 6.07) is 7.86. The quantitative estimate of drug-likeness (QED) is 0.806. The van der Waals surface area contributed by atoms with Crippen LogP contribution in [0.2, 0.25) is 0 Å². The molecule has 1 unspecified atom stereocenters. The minimum absolute atomic E-state index is 0.0205. The predicted molar refractivity (Wildman–Crippen MR) is 73.0 cm³/mol. The van der Waals surface area contributed by atoms with E-state index in [1.165, 1.54) is 24.0 Å². The normalized spacial score (nSPS) is 16.3. The van der Waals surface area contributed by atoms with E-state index in [2.05, 4.69) is 24.4 Å². The first-order valence-corrected chi connectivity index (χ1v) is 6.80. The molecule has 18 heavy (non-hydrogen) atoms. The molecule has 1 amide bonds. The lowest BCUT2D eigenvalue weighted by atomic mass is 10.1. The molecule has 3 N–H and O–H groups in total. The Kier molecular flexibility index (Phi) is 4.37. The average Bonchev–Trinajstić information content (AvgIpc) is 3.20. The van der Waals surface area contributed by atoms with Crippen LogP contribution in [0.4, 0.5) is 0 Å². The Hall–Kier alpha value is -1.35. The van der Waals surface area contributed by atoms with E-state index >= 15 is 0 Å². The first-order chi connectivity index (χ1) is 8.70. The Labute approximate surface area is 109 Å². The van der Waals surface area contributed by atoms with Crippen LogP contribution in [0.3, 0.4) is 0 Å². The molecule has 1 aromatic carbocycles. The summed E-state index contributed by atoms with van der Waals surface area (Å²) >= 11 is 0. The van der Waals surface area contributed by atoms with Crippen LogP contribution in [0.15, 0.2) is 24.3 Å². The monoisotopic (exact) mass is 246 g/mol. The highest BCUT2D eigenvalue weighted by Crippen LogP contribution is 2.33. The van der Waals surface area contributed by atoms with Gasteiger partial charge in [0.05, 0.1) is 6.04 Å². The van der Waals surface area contributed by atoms with Gasteiger partial charge in [-0.15, -0.1) is 0 Å². The minimum atomic E-state index is -0.341. The van der Waals surface area contributed by atoms with Gasteiger partial charge >= 0.3 is 0 Å². The zero-order valence-corrected chi connectivity index (χ0v) is 11.0. The van der Waals surface area contributed by atoms with Crippen molar-refractivity contribution in [3.63, 3.8) is 0 Å². The van der Waals surface area contributed by atoms with Crippen molar-refractivity contribution in [2.75, 3.05) is 0 Å². The van der Waals surface area contributed by atoms with Gasteiger partial charge in [0.15, 0.2) is 0 Å². The van der Waals surface area contributed by atoms with Crippen molar-refractivity contribution in [2.24, 2.45) is 11.7 Å². The molecule has 1 saturated carbocycles. The van der Waals surface area contributed by atoms with E-state index in [9.17, 15) is 4.79 Å². The molecule has 0 saturated heterocycles. The second-order valence-corrected chi connectivity index (χ2v) is 5.13. The summed E-state index contributed by atoms with van der Waals surface area (Å²) in [5.74, 6) is 0.668. The van der Waals surface area contributed by atoms with Gasteiger partial charge in [-0.3, -0.25) is 4.79 Å². The standard InChI is InChI=1S/C15H22N2O/c1-2-12-5-3-4-6-13(12)10-17-15(18)14(16)9-11-7-8-11/h3-6,11,14H,2,7-10,16H2,1H3,(H,17,18). The van der Waals surface area contributed by atoms with Crippen molar-refractivity contribution in [2.45, 2.75) is 45.2 Å². The molecule has 1 aromatic rings. The highest BCUT2D eigenvalue weighted by Gasteiger charge is 2.26.